The van der Waals surface area contributed by atoms with Crippen molar-refractivity contribution in [2.24, 2.45) is 0 Å². The van der Waals surface area contributed by atoms with Gasteiger partial charge in [-0.1, -0.05) is 12.1 Å². The van der Waals surface area contributed by atoms with E-state index in [0.29, 0.717) is 30.8 Å². The molecule has 2 fully saturated rings. The Morgan fingerprint density at radius 3 is 2.37 bits per heavy atom. The third-order valence-corrected chi connectivity index (χ3v) is 6.74. The van der Waals surface area contributed by atoms with Crippen molar-refractivity contribution in [1.29, 1.82) is 5.26 Å². The highest BCUT2D eigenvalue weighted by atomic mass is 16.5. The Labute approximate surface area is 222 Å². The molecule has 10 nitrogen and oxygen atoms in total. The third kappa shape index (κ3) is 6.44. The van der Waals surface area contributed by atoms with Crippen molar-refractivity contribution in [2.75, 3.05) is 69.4 Å². The molecule has 0 aliphatic carbocycles. The van der Waals surface area contributed by atoms with Gasteiger partial charge in [0.25, 0.3) is 5.91 Å². The van der Waals surface area contributed by atoms with Crippen LogP contribution in [0.1, 0.15) is 10.4 Å². The number of nitrogens with zero attached hydrogens (tertiary/aromatic N) is 5. The van der Waals surface area contributed by atoms with Crippen LogP contribution in [0.25, 0.3) is 11.3 Å². The van der Waals surface area contributed by atoms with E-state index in [4.69, 9.17) is 14.7 Å². The number of aromatic nitrogens is 2. The minimum atomic E-state index is -0.280. The van der Waals surface area contributed by atoms with E-state index in [0.717, 1.165) is 56.3 Å². The molecular formula is C28H31N7O3. The molecule has 2 aliphatic rings. The van der Waals surface area contributed by atoms with Crippen LogP contribution < -0.4 is 15.5 Å². The number of nitrogens with one attached hydrogen (secondary N) is 2. The molecule has 0 spiro atoms. The first kappa shape index (κ1) is 25.6. The van der Waals surface area contributed by atoms with Crippen molar-refractivity contribution >= 4 is 23.2 Å². The Kier molecular flexibility index (Phi) is 8.40. The number of hydrogen-bond donors (Lipinski definition) is 2. The van der Waals surface area contributed by atoms with Gasteiger partial charge in [0, 0.05) is 54.9 Å². The molecule has 2 saturated heterocycles. The smallest absolute Gasteiger partial charge is 0.252 e. The summed E-state index contributed by atoms with van der Waals surface area (Å²) in [5.41, 5.74) is 4.19. The lowest BCUT2D eigenvalue weighted by Crippen LogP contribution is -2.52. The van der Waals surface area contributed by atoms with Gasteiger partial charge in [0.05, 0.1) is 44.2 Å². The summed E-state index contributed by atoms with van der Waals surface area (Å²) in [5.74, 6) is 0.213. The maximum absolute atomic E-state index is 12.0. The average Bonchev–Trinajstić information content (AvgIpc) is 3.27. The number of ether oxygens (including phenoxy) is 2. The van der Waals surface area contributed by atoms with Gasteiger partial charge >= 0.3 is 0 Å². The number of anilines is 3. The topological polar surface area (TPSA) is 116 Å². The summed E-state index contributed by atoms with van der Waals surface area (Å²) >= 11 is 0. The number of rotatable bonds is 7. The first-order chi connectivity index (χ1) is 18.7. The van der Waals surface area contributed by atoms with Crippen LogP contribution in [0, 0.1) is 11.3 Å². The Morgan fingerprint density at radius 2 is 1.68 bits per heavy atom. The molecule has 2 aliphatic heterocycles. The first-order valence-corrected chi connectivity index (χ1v) is 12.8. The molecule has 10 heteroatoms. The molecule has 38 heavy (non-hydrogen) atoms. The quantitative estimate of drug-likeness (QED) is 0.460. The van der Waals surface area contributed by atoms with Crippen LogP contribution >= 0.6 is 0 Å². The van der Waals surface area contributed by atoms with Gasteiger partial charge in [0.2, 0.25) is 5.95 Å². The van der Waals surface area contributed by atoms with E-state index < -0.39 is 0 Å². The standard InChI is InChI=1S/C28H31N7O3/c29-10-12-30-27(36)22-3-1-21(2-4-22)26-9-11-31-28(33-26)32-23-5-7-24(8-6-23)34-13-15-35(16-14-34)25-19-37-17-18-38-20-25/h1-9,11,25H,12-20H2,(H,30,36)(H,31,32,33). The molecule has 2 N–H and O–H groups in total. The van der Waals surface area contributed by atoms with E-state index in [1.165, 1.54) is 5.69 Å². The van der Waals surface area contributed by atoms with Crippen LogP contribution in [0.2, 0.25) is 0 Å². The number of carbonyl (C=O) groups excluding carboxylic acids is 1. The minimum absolute atomic E-state index is 0.0226. The molecule has 5 rings (SSSR count). The number of amides is 1. The van der Waals surface area contributed by atoms with Crippen LogP contribution in [0.5, 0.6) is 0 Å². The molecule has 0 saturated carbocycles. The number of hydrogen-bond acceptors (Lipinski definition) is 9. The average molecular weight is 514 g/mol. The predicted molar refractivity (Wildman–Crippen MR) is 144 cm³/mol. The lowest BCUT2D eigenvalue weighted by atomic mass is 10.1. The van der Waals surface area contributed by atoms with Gasteiger partial charge in [-0.15, -0.1) is 0 Å². The molecule has 196 valence electrons. The van der Waals surface area contributed by atoms with Crippen molar-refractivity contribution in [3.63, 3.8) is 0 Å². The lowest BCUT2D eigenvalue weighted by Gasteiger charge is -2.39. The van der Waals surface area contributed by atoms with Gasteiger partial charge in [-0.3, -0.25) is 9.69 Å². The van der Waals surface area contributed by atoms with E-state index in [1.807, 2.05) is 36.4 Å². The molecule has 0 atom stereocenters. The molecule has 0 radical (unpaired) electrons. The van der Waals surface area contributed by atoms with Crippen molar-refractivity contribution in [1.82, 2.24) is 20.2 Å². The lowest BCUT2D eigenvalue weighted by molar-refractivity contribution is 0.0669. The van der Waals surface area contributed by atoms with Crippen LogP contribution in [0.15, 0.2) is 60.8 Å². The number of nitriles is 1. The molecule has 0 bridgehead atoms. The first-order valence-electron chi connectivity index (χ1n) is 12.8. The van der Waals surface area contributed by atoms with Gasteiger partial charge in [-0.25, -0.2) is 9.97 Å². The number of piperazine rings is 1. The summed E-state index contributed by atoms with van der Waals surface area (Å²) in [6.07, 6.45) is 1.70. The summed E-state index contributed by atoms with van der Waals surface area (Å²) in [6, 6.07) is 19.5. The summed E-state index contributed by atoms with van der Waals surface area (Å²) in [4.78, 5) is 25.9. The van der Waals surface area contributed by atoms with Crippen LogP contribution in [-0.2, 0) is 9.47 Å². The minimum Gasteiger partial charge on any atom is -0.377 e. The Hall–Kier alpha value is -4.04. The fourth-order valence-electron chi connectivity index (χ4n) is 4.64. The molecule has 0 unspecified atom stereocenters. The molecule has 3 heterocycles. The largest absolute Gasteiger partial charge is 0.377 e. The normalized spacial score (nSPS) is 16.9. The summed E-state index contributed by atoms with van der Waals surface area (Å²) < 4.78 is 11.3. The molecule has 1 amide bonds. The highest BCUT2D eigenvalue weighted by Gasteiger charge is 2.25. The molecule has 3 aromatic rings. The summed E-state index contributed by atoms with van der Waals surface area (Å²) in [6.45, 7) is 6.75. The second-order valence-corrected chi connectivity index (χ2v) is 9.18. The summed E-state index contributed by atoms with van der Waals surface area (Å²) in [5, 5.41) is 14.4. The Bertz CT molecular complexity index is 1240. The Balaban J connectivity index is 1.17. The number of benzene rings is 2. The zero-order valence-corrected chi connectivity index (χ0v) is 21.2. The molecule has 1 aromatic heterocycles. The maximum Gasteiger partial charge on any atom is 0.252 e. The monoisotopic (exact) mass is 513 g/mol. The zero-order valence-electron chi connectivity index (χ0n) is 21.2. The highest BCUT2D eigenvalue weighted by molar-refractivity contribution is 5.94. The second-order valence-electron chi connectivity index (χ2n) is 9.18. The fraction of sp³-hybridized carbons (Fsp3) is 0.357. The maximum atomic E-state index is 12.0. The predicted octanol–water partition coefficient (Wildman–Crippen LogP) is 2.68. The van der Waals surface area contributed by atoms with Crippen molar-refractivity contribution in [3.8, 4) is 17.3 Å². The number of carbonyl (C=O) groups is 1. The van der Waals surface area contributed by atoms with Crippen LogP contribution in [-0.4, -0.2) is 86.0 Å². The van der Waals surface area contributed by atoms with E-state index in [9.17, 15) is 4.79 Å². The van der Waals surface area contributed by atoms with Crippen LogP contribution in [0.4, 0.5) is 17.3 Å². The SMILES string of the molecule is N#CCNC(=O)c1ccc(-c2ccnc(Nc3ccc(N4CCN(C5COCCOC5)CC4)cc3)n2)cc1. The van der Waals surface area contributed by atoms with E-state index in [1.54, 1.807) is 18.3 Å². The van der Waals surface area contributed by atoms with Gasteiger partial charge in [0.15, 0.2) is 0 Å². The molecular weight excluding hydrogens is 482 g/mol. The van der Waals surface area contributed by atoms with Crippen molar-refractivity contribution in [2.45, 2.75) is 6.04 Å². The van der Waals surface area contributed by atoms with Crippen molar-refractivity contribution in [3.05, 3.63) is 66.4 Å². The van der Waals surface area contributed by atoms with Gasteiger partial charge < -0.3 is 25.0 Å². The van der Waals surface area contributed by atoms with Crippen molar-refractivity contribution < 1.29 is 14.3 Å². The van der Waals surface area contributed by atoms with E-state index in [-0.39, 0.29) is 12.5 Å². The Morgan fingerprint density at radius 1 is 0.974 bits per heavy atom. The van der Waals surface area contributed by atoms with Crippen LogP contribution in [0.3, 0.4) is 0 Å². The molecule has 2 aromatic carbocycles. The van der Waals surface area contributed by atoms with Gasteiger partial charge in [-0.05, 0) is 42.5 Å². The second kappa shape index (κ2) is 12.5. The van der Waals surface area contributed by atoms with Gasteiger partial charge in [0.1, 0.15) is 6.54 Å². The highest BCUT2D eigenvalue weighted by Crippen LogP contribution is 2.23. The summed E-state index contributed by atoms with van der Waals surface area (Å²) in [7, 11) is 0. The zero-order chi connectivity index (χ0) is 26.2. The third-order valence-electron chi connectivity index (χ3n) is 6.74. The van der Waals surface area contributed by atoms with E-state index >= 15 is 0 Å². The fourth-order valence-corrected chi connectivity index (χ4v) is 4.64. The van der Waals surface area contributed by atoms with Gasteiger partial charge in [-0.2, -0.15) is 5.26 Å². The van der Waals surface area contributed by atoms with E-state index in [2.05, 4.69) is 42.5 Å².